The summed E-state index contributed by atoms with van der Waals surface area (Å²) in [5.41, 5.74) is -1.49. The fourth-order valence-corrected chi connectivity index (χ4v) is 3.99. The molecule has 0 aliphatic rings. The maximum Gasteiger partial charge on any atom is 0.266 e. The highest BCUT2D eigenvalue weighted by atomic mass is 32.2. The molecule has 3 rings (SSSR count). The number of hydrogen-bond acceptors (Lipinski definition) is 6. The quantitative estimate of drug-likeness (QED) is 0.491. The Hall–Kier alpha value is -3.16. The molecule has 0 bridgehead atoms. The molecular formula is C17H15F5N4O4S. The minimum Gasteiger partial charge on any atom is -0.481 e. The van der Waals surface area contributed by atoms with Crippen LogP contribution in [0, 0.1) is 5.82 Å². The predicted molar refractivity (Wildman–Crippen MR) is 98.9 cm³/mol. The zero-order valence-electron chi connectivity index (χ0n) is 15.9. The van der Waals surface area contributed by atoms with Gasteiger partial charge in [-0.3, -0.25) is 0 Å². The number of nitrogens with zero attached hydrogens (tertiary/aromatic N) is 2. The highest BCUT2D eigenvalue weighted by molar-refractivity contribution is 7.93. The molecule has 31 heavy (non-hydrogen) atoms. The van der Waals surface area contributed by atoms with Gasteiger partial charge < -0.3 is 14.5 Å². The van der Waals surface area contributed by atoms with Gasteiger partial charge in [-0.25, -0.2) is 35.1 Å². The van der Waals surface area contributed by atoms with Gasteiger partial charge in [0.2, 0.25) is 24.1 Å². The number of ether oxygens (including phenoxy) is 2. The average molecular weight is 466 g/mol. The number of rotatable bonds is 8. The second-order valence-electron chi connectivity index (χ2n) is 6.09. The zero-order chi connectivity index (χ0) is 22.9. The van der Waals surface area contributed by atoms with Gasteiger partial charge in [-0.2, -0.15) is 9.97 Å². The van der Waals surface area contributed by atoms with Gasteiger partial charge in [0.05, 0.1) is 30.9 Å². The fraction of sp³-hybridized carbons (Fsp3) is 0.294. The SMILES string of the molecule is COc1nc(NS(=O)(=O)c2c[nH]c3c(F)c(C(F)F)ccc23)nc(OC)c1CC(F)F. The van der Waals surface area contributed by atoms with Gasteiger partial charge in [-0.15, -0.1) is 0 Å². The molecule has 3 aromatic rings. The molecule has 0 saturated carbocycles. The van der Waals surface area contributed by atoms with Crippen LogP contribution in [0.25, 0.3) is 10.9 Å². The Morgan fingerprint density at radius 1 is 1.10 bits per heavy atom. The first kappa shape index (κ1) is 22.5. The summed E-state index contributed by atoms with van der Waals surface area (Å²) in [6.45, 7) is 0. The van der Waals surface area contributed by atoms with Gasteiger partial charge in [0.25, 0.3) is 16.4 Å². The van der Waals surface area contributed by atoms with Crippen molar-refractivity contribution in [1.29, 1.82) is 0 Å². The number of methoxy groups -OCH3 is 2. The third-order valence-electron chi connectivity index (χ3n) is 4.21. The van der Waals surface area contributed by atoms with Gasteiger partial charge >= 0.3 is 0 Å². The van der Waals surface area contributed by atoms with E-state index >= 15 is 0 Å². The number of fused-ring (bicyclic) bond motifs is 1. The molecule has 2 aromatic heterocycles. The lowest BCUT2D eigenvalue weighted by molar-refractivity contribution is 0.146. The fourth-order valence-electron chi connectivity index (χ4n) is 2.88. The van der Waals surface area contributed by atoms with E-state index < -0.39 is 57.0 Å². The van der Waals surface area contributed by atoms with Crippen molar-refractivity contribution in [3.63, 3.8) is 0 Å². The lowest BCUT2D eigenvalue weighted by atomic mass is 10.1. The van der Waals surface area contributed by atoms with Crippen LogP contribution >= 0.6 is 0 Å². The summed E-state index contributed by atoms with van der Waals surface area (Å²) in [5.74, 6) is -2.52. The van der Waals surface area contributed by atoms with Gasteiger partial charge in [0, 0.05) is 18.0 Å². The van der Waals surface area contributed by atoms with Crippen molar-refractivity contribution >= 4 is 26.9 Å². The normalized spacial score (nSPS) is 12.0. The smallest absolute Gasteiger partial charge is 0.266 e. The summed E-state index contributed by atoms with van der Waals surface area (Å²) in [6.07, 6.45) is -5.75. The van der Waals surface area contributed by atoms with E-state index in [1.54, 1.807) is 0 Å². The molecule has 2 N–H and O–H groups in total. The van der Waals surface area contributed by atoms with Gasteiger partial charge in [-0.1, -0.05) is 6.07 Å². The number of aromatic nitrogens is 3. The van der Waals surface area contributed by atoms with Crippen LogP contribution in [0.15, 0.2) is 23.2 Å². The minimum absolute atomic E-state index is 0.170. The molecule has 2 heterocycles. The Bertz CT molecular complexity index is 1190. The maximum atomic E-state index is 14.2. The van der Waals surface area contributed by atoms with E-state index in [-0.39, 0.29) is 22.7 Å². The first-order valence-electron chi connectivity index (χ1n) is 8.46. The second kappa shape index (κ2) is 8.53. The molecule has 0 aliphatic heterocycles. The molecular weight excluding hydrogens is 451 g/mol. The van der Waals surface area contributed by atoms with Crippen LogP contribution in [0.2, 0.25) is 0 Å². The first-order chi connectivity index (χ1) is 14.6. The first-order valence-corrected chi connectivity index (χ1v) is 9.94. The molecule has 1 aromatic carbocycles. The van der Waals surface area contributed by atoms with Crippen molar-refractivity contribution in [2.75, 3.05) is 18.9 Å². The monoisotopic (exact) mass is 466 g/mol. The van der Waals surface area contributed by atoms with Crippen molar-refractivity contribution in [2.24, 2.45) is 0 Å². The van der Waals surface area contributed by atoms with Crippen molar-refractivity contribution < 1.29 is 39.8 Å². The summed E-state index contributed by atoms with van der Waals surface area (Å²) in [6, 6.07) is 1.80. The molecule has 0 amide bonds. The molecule has 0 atom stereocenters. The van der Waals surface area contributed by atoms with Crippen LogP contribution in [-0.4, -0.2) is 44.0 Å². The lowest BCUT2D eigenvalue weighted by Gasteiger charge is -2.13. The molecule has 8 nitrogen and oxygen atoms in total. The Kier molecular flexibility index (Phi) is 6.20. The van der Waals surface area contributed by atoms with E-state index in [2.05, 4.69) is 15.0 Å². The number of H-pyrrole nitrogens is 1. The van der Waals surface area contributed by atoms with Crippen molar-refractivity contribution in [2.45, 2.75) is 24.2 Å². The van der Waals surface area contributed by atoms with E-state index in [4.69, 9.17) is 9.47 Å². The lowest BCUT2D eigenvalue weighted by Crippen LogP contribution is -2.16. The third kappa shape index (κ3) is 4.33. The Morgan fingerprint density at radius 2 is 1.71 bits per heavy atom. The summed E-state index contributed by atoms with van der Waals surface area (Å²) in [4.78, 5) is 9.37. The van der Waals surface area contributed by atoms with Crippen LogP contribution in [0.1, 0.15) is 17.6 Å². The number of aromatic amines is 1. The van der Waals surface area contributed by atoms with Gasteiger partial charge in [0.1, 0.15) is 4.90 Å². The van der Waals surface area contributed by atoms with Crippen LogP contribution in [0.5, 0.6) is 11.8 Å². The van der Waals surface area contributed by atoms with E-state index in [0.29, 0.717) is 0 Å². The summed E-state index contributed by atoms with van der Waals surface area (Å²) in [7, 11) is -2.18. The van der Waals surface area contributed by atoms with Crippen LogP contribution in [-0.2, 0) is 16.4 Å². The Balaban J connectivity index is 2.04. The molecule has 0 unspecified atom stereocenters. The summed E-state index contributed by atoms with van der Waals surface area (Å²) in [5, 5.41) is -0.192. The Morgan fingerprint density at radius 3 is 2.23 bits per heavy atom. The second-order valence-corrected chi connectivity index (χ2v) is 7.74. The summed E-state index contributed by atoms with van der Waals surface area (Å²) >= 11 is 0. The van der Waals surface area contributed by atoms with E-state index in [0.717, 1.165) is 32.5 Å². The summed E-state index contributed by atoms with van der Waals surface area (Å²) < 4.78 is 103. The van der Waals surface area contributed by atoms with Crippen molar-refractivity contribution in [1.82, 2.24) is 15.0 Å². The highest BCUT2D eigenvalue weighted by Crippen LogP contribution is 2.33. The Labute approximate surface area is 172 Å². The topological polar surface area (TPSA) is 106 Å². The van der Waals surface area contributed by atoms with Gasteiger partial charge in [-0.05, 0) is 6.07 Å². The van der Waals surface area contributed by atoms with Crippen molar-refractivity contribution in [3.8, 4) is 11.8 Å². The standard InChI is InChI=1S/C17H15F5N4O4S/c1-29-15-9(5-11(18)19)16(30-2)25-17(24-15)26-31(27,28)10-6-23-13-7(10)3-4-8(12(13)20)14(21)22/h3-4,6,11,14,23H,5H2,1-2H3,(H,24,25,26). The molecule has 0 fully saturated rings. The number of sulfonamides is 1. The van der Waals surface area contributed by atoms with E-state index in [1.807, 2.05) is 4.72 Å². The van der Waals surface area contributed by atoms with Crippen LogP contribution in [0.4, 0.5) is 27.9 Å². The van der Waals surface area contributed by atoms with Crippen LogP contribution < -0.4 is 14.2 Å². The number of hydrogen-bond donors (Lipinski definition) is 2. The number of benzene rings is 1. The molecule has 168 valence electrons. The minimum atomic E-state index is -4.45. The zero-order valence-corrected chi connectivity index (χ0v) is 16.7. The third-order valence-corrected chi connectivity index (χ3v) is 5.58. The molecule has 14 heteroatoms. The van der Waals surface area contributed by atoms with E-state index in [1.165, 1.54) is 0 Å². The average Bonchev–Trinajstić information content (AvgIpc) is 3.14. The highest BCUT2D eigenvalue weighted by Gasteiger charge is 2.26. The number of nitrogens with one attached hydrogen (secondary N) is 2. The van der Waals surface area contributed by atoms with Crippen molar-refractivity contribution in [3.05, 3.63) is 35.3 Å². The predicted octanol–water partition coefficient (Wildman–Crippen LogP) is 3.66. The maximum absolute atomic E-state index is 14.2. The number of alkyl halides is 4. The molecule has 0 radical (unpaired) electrons. The van der Waals surface area contributed by atoms with Crippen LogP contribution in [0.3, 0.4) is 0 Å². The molecule has 0 spiro atoms. The van der Waals surface area contributed by atoms with E-state index in [9.17, 15) is 30.4 Å². The van der Waals surface area contributed by atoms with Gasteiger partial charge in [0.15, 0.2) is 5.82 Å². The largest absolute Gasteiger partial charge is 0.481 e. The number of halogens is 5. The number of anilines is 1. The molecule has 0 aliphatic carbocycles. The molecule has 0 saturated heterocycles.